The number of nitrogens with zero attached hydrogens (tertiary/aromatic N) is 1. The van der Waals surface area contributed by atoms with Crippen LogP contribution in [0.1, 0.15) is 54.1 Å². The highest BCUT2D eigenvalue weighted by Gasteiger charge is 2.23. The highest BCUT2D eigenvalue weighted by molar-refractivity contribution is 5.94. The second-order valence-electron chi connectivity index (χ2n) is 8.27. The van der Waals surface area contributed by atoms with Gasteiger partial charge in [0, 0.05) is 30.4 Å². The summed E-state index contributed by atoms with van der Waals surface area (Å²) in [7, 11) is 0. The Balaban J connectivity index is 1.48. The maximum Gasteiger partial charge on any atom is 0.251 e. The Morgan fingerprint density at radius 3 is 2.40 bits per heavy atom. The molecule has 1 heterocycles. The fourth-order valence-corrected chi connectivity index (χ4v) is 3.83. The highest BCUT2D eigenvalue weighted by Crippen LogP contribution is 2.27. The molecular weight excluding hydrogens is 381 g/mol. The van der Waals surface area contributed by atoms with E-state index in [9.17, 15) is 14.0 Å². The smallest absolute Gasteiger partial charge is 0.251 e. The van der Waals surface area contributed by atoms with E-state index in [0.29, 0.717) is 18.0 Å². The van der Waals surface area contributed by atoms with Gasteiger partial charge in [-0.15, -0.1) is 0 Å². The molecule has 0 aromatic heterocycles. The zero-order chi connectivity index (χ0) is 21.7. The van der Waals surface area contributed by atoms with Gasteiger partial charge in [0.25, 0.3) is 5.91 Å². The summed E-state index contributed by atoms with van der Waals surface area (Å²) in [5.41, 5.74) is 3.58. The molecule has 5 nitrogen and oxygen atoms in total. The van der Waals surface area contributed by atoms with Crippen LogP contribution in [0.4, 0.5) is 10.1 Å². The van der Waals surface area contributed by atoms with Gasteiger partial charge in [0.15, 0.2) is 0 Å². The summed E-state index contributed by atoms with van der Waals surface area (Å²) in [5.74, 6) is -0.225. The van der Waals surface area contributed by atoms with E-state index in [1.165, 1.54) is 24.3 Å². The zero-order valence-corrected chi connectivity index (χ0v) is 17.9. The van der Waals surface area contributed by atoms with Gasteiger partial charge in [-0.2, -0.15) is 0 Å². The first-order valence-corrected chi connectivity index (χ1v) is 10.5. The van der Waals surface area contributed by atoms with Crippen molar-refractivity contribution < 1.29 is 14.0 Å². The van der Waals surface area contributed by atoms with Crippen molar-refractivity contribution in [1.82, 2.24) is 10.2 Å². The van der Waals surface area contributed by atoms with Gasteiger partial charge in [-0.1, -0.05) is 32.0 Å². The van der Waals surface area contributed by atoms with E-state index in [0.717, 1.165) is 42.7 Å². The molecule has 3 rings (SSSR count). The number of para-hydroxylation sites is 1. The number of hydrogen-bond donors (Lipinski definition) is 2. The van der Waals surface area contributed by atoms with Crippen LogP contribution in [-0.4, -0.2) is 42.4 Å². The quantitative estimate of drug-likeness (QED) is 0.753. The largest absolute Gasteiger partial charge is 0.349 e. The summed E-state index contributed by atoms with van der Waals surface area (Å²) in [6.45, 7) is 8.07. The number of halogens is 1. The Kier molecular flexibility index (Phi) is 7.21. The number of rotatable bonds is 6. The molecule has 2 aromatic rings. The van der Waals surface area contributed by atoms with Crippen molar-refractivity contribution in [3.05, 3.63) is 65.0 Å². The highest BCUT2D eigenvalue weighted by atomic mass is 19.1. The van der Waals surface area contributed by atoms with Crippen LogP contribution >= 0.6 is 0 Å². The minimum atomic E-state index is -0.357. The number of hydrogen-bond acceptors (Lipinski definition) is 3. The van der Waals surface area contributed by atoms with Gasteiger partial charge >= 0.3 is 0 Å². The molecule has 6 heteroatoms. The van der Waals surface area contributed by atoms with E-state index in [1.807, 2.05) is 19.1 Å². The van der Waals surface area contributed by atoms with Crippen molar-refractivity contribution in [2.45, 2.75) is 45.6 Å². The molecule has 1 aliphatic rings. The van der Waals surface area contributed by atoms with Crippen LogP contribution in [0.3, 0.4) is 0 Å². The molecule has 0 bridgehead atoms. The maximum absolute atomic E-state index is 13.0. The van der Waals surface area contributed by atoms with Gasteiger partial charge in [0.2, 0.25) is 5.91 Å². The second kappa shape index (κ2) is 9.85. The number of carbonyl (C=O) groups excluding carboxylic acids is 2. The van der Waals surface area contributed by atoms with Crippen LogP contribution in [0.2, 0.25) is 0 Å². The Bertz CT molecular complexity index is 888. The predicted molar refractivity (Wildman–Crippen MR) is 117 cm³/mol. The van der Waals surface area contributed by atoms with E-state index in [1.54, 1.807) is 0 Å². The van der Waals surface area contributed by atoms with Gasteiger partial charge in [-0.05, 0) is 61.1 Å². The molecule has 2 N–H and O–H groups in total. The molecular formula is C24H30FN3O2. The fourth-order valence-electron chi connectivity index (χ4n) is 3.83. The van der Waals surface area contributed by atoms with Crippen LogP contribution in [0.5, 0.6) is 0 Å². The van der Waals surface area contributed by atoms with Crippen LogP contribution < -0.4 is 10.6 Å². The zero-order valence-electron chi connectivity index (χ0n) is 17.9. The van der Waals surface area contributed by atoms with Gasteiger partial charge in [0.05, 0.1) is 6.54 Å². The number of carbonyl (C=O) groups is 2. The number of benzene rings is 2. The fraction of sp³-hybridized carbons (Fsp3) is 0.417. The Hall–Kier alpha value is -2.73. The van der Waals surface area contributed by atoms with Crippen molar-refractivity contribution in [3.63, 3.8) is 0 Å². The number of nitrogens with one attached hydrogen (secondary N) is 2. The summed E-state index contributed by atoms with van der Waals surface area (Å²) < 4.78 is 13.0. The first-order valence-electron chi connectivity index (χ1n) is 10.5. The van der Waals surface area contributed by atoms with E-state index < -0.39 is 0 Å². The minimum Gasteiger partial charge on any atom is -0.349 e. The lowest BCUT2D eigenvalue weighted by Gasteiger charge is -2.32. The first kappa shape index (κ1) is 22.0. The number of anilines is 1. The number of piperidine rings is 1. The Labute approximate surface area is 177 Å². The average molecular weight is 412 g/mol. The molecule has 30 heavy (non-hydrogen) atoms. The Morgan fingerprint density at radius 2 is 1.77 bits per heavy atom. The summed E-state index contributed by atoms with van der Waals surface area (Å²) in [5, 5.41) is 6.10. The number of aryl methyl sites for hydroxylation is 1. The molecule has 0 unspecified atom stereocenters. The summed E-state index contributed by atoms with van der Waals surface area (Å²) in [6.07, 6.45) is 1.56. The minimum absolute atomic E-state index is 0.0139. The molecule has 0 atom stereocenters. The average Bonchev–Trinajstić information content (AvgIpc) is 2.71. The van der Waals surface area contributed by atoms with E-state index >= 15 is 0 Å². The van der Waals surface area contributed by atoms with E-state index in [2.05, 4.69) is 35.4 Å². The monoisotopic (exact) mass is 411 g/mol. The number of likely N-dealkylation sites (tertiary alicyclic amines) is 1. The SMILES string of the molecule is Cc1cccc(C(C)C)c1NC(=O)CN1CCC(NC(=O)c2ccc(F)cc2)CC1. The molecule has 0 saturated carbocycles. The van der Waals surface area contributed by atoms with Gasteiger partial charge in [-0.3, -0.25) is 14.5 Å². The number of amides is 2. The van der Waals surface area contributed by atoms with Crippen molar-refractivity contribution in [2.75, 3.05) is 25.0 Å². The van der Waals surface area contributed by atoms with Crippen molar-refractivity contribution in [3.8, 4) is 0 Å². The van der Waals surface area contributed by atoms with E-state index in [-0.39, 0.29) is 23.7 Å². The van der Waals surface area contributed by atoms with Crippen LogP contribution in [0.15, 0.2) is 42.5 Å². The predicted octanol–water partition coefficient (Wildman–Crippen LogP) is 4.09. The lowest BCUT2D eigenvalue weighted by molar-refractivity contribution is -0.117. The van der Waals surface area contributed by atoms with Gasteiger partial charge < -0.3 is 10.6 Å². The molecule has 1 aliphatic heterocycles. The van der Waals surface area contributed by atoms with Crippen LogP contribution in [-0.2, 0) is 4.79 Å². The third-order valence-corrected chi connectivity index (χ3v) is 5.59. The molecule has 2 amide bonds. The van der Waals surface area contributed by atoms with Crippen LogP contribution in [0.25, 0.3) is 0 Å². The van der Waals surface area contributed by atoms with Gasteiger partial charge in [-0.25, -0.2) is 4.39 Å². The first-order chi connectivity index (χ1) is 14.3. The standard InChI is InChI=1S/C24H30FN3O2/c1-16(2)21-6-4-5-17(3)23(21)27-22(29)15-28-13-11-20(12-14-28)26-24(30)18-7-9-19(25)10-8-18/h4-10,16,20H,11-15H2,1-3H3,(H,26,30)(H,27,29). The van der Waals surface area contributed by atoms with Gasteiger partial charge in [0.1, 0.15) is 5.82 Å². The van der Waals surface area contributed by atoms with Crippen molar-refractivity contribution in [2.24, 2.45) is 0 Å². The Morgan fingerprint density at radius 1 is 1.10 bits per heavy atom. The molecule has 0 spiro atoms. The second-order valence-corrected chi connectivity index (χ2v) is 8.27. The van der Waals surface area contributed by atoms with Crippen molar-refractivity contribution in [1.29, 1.82) is 0 Å². The van der Waals surface area contributed by atoms with Crippen molar-refractivity contribution >= 4 is 17.5 Å². The molecule has 1 saturated heterocycles. The normalized spacial score (nSPS) is 15.2. The molecule has 1 fully saturated rings. The summed E-state index contributed by atoms with van der Waals surface area (Å²) >= 11 is 0. The topological polar surface area (TPSA) is 61.4 Å². The molecule has 0 radical (unpaired) electrons. The van der Waals surface area contributed by atoms with E-state index in [4.69, 9.17) is 0 Å². The summed E-state index contributed by atoms with van der Waals surface area (Å²) in [4.78, 5) is 27.0. The molecule has 0 aliphatic carbocycles. The molecule has 2 aromatic carbocycles. The maximum atomic E-state index is 13.0. The lowest BCUT2D eigenvalue weighted by atomic mass is 9.98. The third-order valence-electron chi connectivity index (χ3n) is 5.59. The van der Waals surface area contributed by atoms with Crippen LogP contribution in [0, 0.1) is 12.7 Å². The lowest BCUT2D eigenvalue weighted by Crippen LogP contribution is -2.46. The molecule has 160 valence electrons. The third kappa shape index (κ3) is 5.66. The summed E-state index contributed by atoms with van der Waals surface area (Å²) in [6, 6.07) is 11.7.